The Morgan fingerprint density at radius 3 is 1.09 bits per heavy atom. The van der Waals surface area contributed by atoms with Crippen molar-refractivity contribution in [3.8, 4) is 0 Å². The highest BCUT2D eigenvalue weighted by molar-refractivity contribution is 4.98. The predicted octanol–water partition coefficient (Wildman–Crippen LogP) is 4.82. The van der Waals surface area contributed by atoms with Gasteiger partial charge in [-0.05, 0) is 66.2 Å². The van der Waals surface area contributed by atoms with Crippen molar-refractivity contribution in [2.75, 3.05) is 0 Å². The Balaban J connectivity index is 1.81. The molecule has 3 rings (SSSR count). The topological polar surface area (TPSA) is 6.48 Å². The van der Waals surface area contributed by atoms with Crippen molar-refractivity contribution in [3.05, 3.63) is 0 Å². The fourth-order valence-corrected chi connectivity index (χ4v) is 5.98. The van der Waals surface area contributed by atoms with Crippen molar-refractivity contribution in [2.45, 2.75) is 128 Å². The average molecular weight is 307 g/mol. The van der Waals surface area contributed by atoms with E-state index in [1.807, 2.05) is 0 Å². The summed E-state index contributed by atoms with van der Waals surface area (Å²) in [6.07, 6.45) is 14.3. The molecule has 3 fully saturated rings. The van der Waals surface area contributed by atoms with E-state index in [2.05, 4.69) is 37.5 Å². The third kappa shape index (κ3) is 3.24. The molecule has 0 spiro atoms. The average Bonchev–Trinajstić information content (AvgIpc) is 2.48. The summed E-state index contributed by atoms with van der Waals surface area (Å²) in [4.78, 5) is 5.89. The summed E-state index contributed by atoms with van der Waals surface area (Å²) in [5.41, 5.74) is 0. The Kier molecular flexibility index (Phi) is 5.50. The maximum atomic E-state index is 2.95. The number of nitrogens with zero attached hydrogens (tertiary/aromatic N) is 2. The van der Waals surface area contributed by atoms with E-state index in [4.69, 9.17) is 0 Å². The monoisotopic (exact) mass is 306 g/mol. The van der Waals surface area contributed by atoms with Crippen LogP contribution in [0.15, 0.2) is 0 Å². The van der Waals surface area contributed by atoms with E-state index < -0.39 is 0 Å². The summed E-state index contributed by atoms with van der Waals surface area (Å²) in [5.74, 6) is 0. The first kappa shape index (κ1) is 16.8. The van der Waals surface area contributed by atoms with Crippen molar-refractivity contribution in [1.82, 2.24) is 9.80 Å². The van der Waals surface area contributed by atoms with E-state index in [-0.39, 0.29) is 0 Å². The summed E-state index contributed by atoms with van der Waals surface area (Å²) in [6.45, 7) is 9.96. The van der Waals surface area contributed by atoms with Gasteiger partial charge in [0.2, 0.25) is 0 Å². The van der Waals surface area contributed by atoms with Crippen LogP contribution < -0.4 is 0 Å². The van der Waals surface area contributed by atoms with Gasteiger partial charge in [0.15, 0.2) is 0 Å². The number of likely N-dealkylation sites (tertiary alicyclic amines) is 2. The molecular weight excluding hydrogens is 268 g/mol. The molecule has 0 aromatic heterocycles. The molecule has 0 aromatic carbocycles. The summed E-state index contributed by atoms with van der Waals surface area (Å²) in [7, 11) is 0. The van der Waals surface area contributed by atoms with Crippen LogP contribution in [0.5, 0.6) is 0 Å². The summed E-state index contributed by atoms with van der Waals surface area (Å²) >= 11 is 0. The Labute approximate surface area is 138 Å². The standard InChI is InChI=1S/C20H38N2/c1-15-9-7-10-16(2)21(15)19-13-5-6-14-20(19)22-17(3)11-8-12-18(22)4/h15-20H,5-14H2,1-4H3. The maximum absolute atomic E-state index is 2.95. The van der Waals surface area contributed by atoms with Gasteiger partial charge in [-0.3, -0.25) is 9.80 Å². The van der Waals surface area contributed by atoms with Crippen LogP contribution in [-0.2, 0) is 0 Å². The molecule has 0 aromatic rings. The lowest BCUT2D eigenvalue weighted by atomic mass is 9.81. The fourth-order valence-electron chi connectivity index (χ4n) is 5.98. The van der Waals surface area contributed by atoms with Gasteiger partial charge in [-0.25, -0.2) is 0 Å². The largest absolute Gasteiger partial charge is 0.293 e. The molecule has 6 atom stereocenters. The van der Waals surface area contributed by atoms with E-state index in [0.29, 0.717) is 0 Å². The molecule has 6 unspecified atom stereocenters. The highest BCUT2D eigenvalue weighted by atomic mass is 15.3. The molecule has 128 valence electrons. The van der Waals surface area contributed by atoms with Gasteiger partial charge < -0.3 is 0 Å². The van der Waals surface area contributed by atoms with Crippen molar-refractivity contribution in [2.24, 2.45) is 0 Å². The third-order valence-electron chi connectivity index (χ3n) is 6.98. The summed E-state index contributed by atoms with van der Waals surface area (Å²) in [6, 6.07) is 4.83. The zero-order valence-electron chi connectivity index (χ0n) is 15.4. The van der Waals surface area contributed by atoms with Crippen LogP contribution in [0.2, 0.25) is 0 Å². The van der Waals surface area contributed by atoms with Gasteiger partial charge in [-0.1, -0.05) is 25.7 Å². The van der Waals surface area contributed by atoms with Gasteiger partial charge in [0, 0.05) is 36.3 Å². The van der Waals surface area contributed by atoms with E-state index >= 15 is 0 Å². The van der Waals surface area contributed by atoms with E-state index in [9.17, 15) is 0 Å². The van der Waals surface area contributed by atoms with Gasteiger partial charge in [-0.15, -0.1) is 0 Å². The first-order valence-electron chi connectivity index (χ1n) is 10.1. The van der Waals surface area contributed by atoms with Gasteiger partial charge in [0.25, 0.3) is 0 Å². The molecule has 2 heterocycles. The first-order valence-corrected chi connectivity index (χ1v) is 10.1. The Morgan fingerprint density at radius 2 is 0.773 bits per heavy atom. The fraction of sp³-hybridized carbons (Fsp3) is 1.00. The summed E-state index contributed by atoms with van der Waals surface area (Å²) in [5, 5.41) is 0. The van der Waals surface area contributed by atoms with Crippen LogP contribution >= 0.6 is 0 Å². The van der Waals surface area contributed by atoms with Gasteiger partial charge in [0.1, 0.15) is 0 Å². The van der Waals surface area contributed by atoms with Crippen LogP contribution in [0, 0.1) is 0 Å². The van der Waals surface area contributed by atoms with Gasteiger partial charge in [0.05, 0.1) is 0 Å². The molecule has 0 bridgehead atoms. The minimum Gasteiger partial charge on any atom is -0.293 e. The zero-order chi connectivity index (χ0) is 15.7. The smallest absolute Gasteiger partial charge is 0.0257 e. The summed E-state index contributed by atoms with van der Waals surface area (Å²) < 4.78 is 0. The predicted molar refractivity (Wildman–Crippen MR) is 95.3 cm³/mol. The second-order valence-corrected chi connectivity index (χ2v) is 8.57. The van der Waals surface area contributed by atoms with E-state index in [0.717, 1.165) is 36.3 Å². The Morgan fingerprint density at radius 1 is 0.455 bits per heavy atom. The Hall–Kier alpha value is -0.0800. The van der Waals surface area contributed by atoms with Gasteiger partial charge >= 0.3 is 0 Å². The number of hydrogen-bond acceptors (Lipinski definition) is 2. The van der Waals surface area contributed by atoms with E-state index in [1.165, 1.54) is 64.2 Å². The first-order chi connectivity index (χ1) is 10.6. The SMILES string of the molecule is CC1CCCC(C)N1C1CCCCC1N1C(C)CCCC1C. The van der Waals surface area contributed by atoms with Crippen molar-refractivity contribution < 1.29 is 0 Å². The van der Waals surface area contributed by atoms with Crippen LogP contribution in [0.4, 0.5) is 0 Å². The number of rotatable bonds is 2. The molecule has 3 aliphatic rings. The molecule has 0 amide bonds. The minimum absolute atomic E-state index is 0.796. The lowest BCUT2D eigenvalue weighted by Gasteiger charge is -2.54. The lowest BCUT2D eigenvalue weighted by molar-refractivity contribution is -0.0496. The van der Waals surface area contributed by atoms with Crippen molar-refractivity contribution >= 4 is 0 Å². The molecule has 2 heteroatoms. The zero-order valence-corrected chi connectivity index (χ0v) is 15.4. The molecule has 1 saturated carbocycles. The molecule has 1 aliphatic carbocycles. The molecule has 0 radical (unpaired) electrons. The van der Waals surface area contributed by atoms with E-state index in [1.54, 1.807) is 0 Å². The molecule has 2 aliphatic heterocycles. The normalized spacial score (nSPS) is 45.8. The Bertz CT molecular complexity index is 302. The van der Waals surface area contributed by atoms with Crippen LogP contribution in [-0.4, -0.2) is 46.1 Å². The second kappa shape index (κ2) is 7.21. The molecule has 22 heavy (non-hydrogen) atoms. The molecule has 0 N–H and O–H groups in total. The molecular formula is C20H38N2. The maximum Gasteiger partial charge on any atom is 0.0257 e. The molecule has 2 nitrogen and oxygen atoms in total. The highest BCUT2D eigenvalue weighted by Crippen LogP contribution is 2.37. The van der Waals surface area contributed by atoms with Crippen molar-refractivity contribution in [3.63, 3.8) is 0 Å². The quantitative estimate of drug-likeness (QED) is 0.721. The van der Waals surface area contributed by atoms with Crippen molar-refractivity contribution in [1.29, 1.82) is 0 Å². The van der Waals surface area contributed by atoms with Gasteiger partial charge in [-0.2, -0.15) is 0 Å². The number of piperidine rings is 2. The highest BCUT2D eigenvalue weighted by Gasteiger charge is 2.42. The lowest BCUT2D eigenvalue weighted by Crippen LogP contribution is -2.62. The third-order valence-corrected chi connectivity index (χ3v) is 6.98. The molecule has 2 saturated heterocycles. The minimum atomic E-state index is 0.796. The van der Waals surface area contributed by atoms with Crippen LogP contribution in [0.25, 0.3) is 0 Å². The van der Waals surface area contributed by atoms with Crippen LogP contribution in [0.3, 0.4) is 0 Å². The van der Waals surface area contributed by atoms with Crippen LogP contribution in [0.1, 0.15) is 91.9 Å². The second-order valence-electron chi connectivity index (χ2n) is 8.57. The number of hydrogen-bond donors (Lipinski definition) is 0.